The highest BCUT2D eigenvalue weighted by Crippen LogP contribution is 2.31. The minimum Gasteiger partial charge on any atom is -0.497 e. The summed E-state index contributed by atoms with van der Waals surface area (Å²) in [5, 5.41) is 18.3. The van der Waals surface area contributed by atoms with Gasteiger partial charge in [-0.3, -0.25) is 4.79 Å². The second kappa shape index (κ2) is 5.35. The van der Waals surface area contributed by atoms with Gasteiger partial charge in [-0.1, -0.05) is 0 Å². The number of hydrogen-bond acceptors (Lipinski definition) is 5. The number of benzene rings is 1. The molecule has 0 aliphatic heterocycles. The van der Waals surface area contributed by atoms with Crippen LogP contribution in [0, 0.1) is 28.5 Å². The molecule has 3 N–H and O–H groups in total. The van der Waals surface area contributed by atoms with E-state index in [-0.39, 0.29) is 33.8 Å². The first-order valence-electron chi connectivity index (χ1n) is 5.73. The maximum atomic E-state index is 14.2. The number of nitrogens with zero attached hydrogens (tertiary/aromatic N) is 2. The van der Waals surface area contributed by atoms with Crippen molar-refractivity contribution in [1.82, 2.24) is 4.98 Å². The maximum Gasteiger partial charge on any atom is 0.268 e. The van der Waals surface area contributed by atoms with Crippen LogP contribution in [0.2, 0.25) is 0 Å². The molecule has 6 nitrogen and oxygen atoms in total. The molecule has 0 saturated carbocycles. The summed E-state index contributed by atoms with van der Waals surface area (Å²) in [6, 6.07) is 7.32. The van der Waals surface area contributed by atoms with Crippen molar-refractivity contribution in [1.29, 1.82) is 10.5 Å². The second-order valence-electron chi connectivity index (χ2n) is 4.06. The number of hydrogen-bond donors (Lipinski definition) is 2. The average Bonchev–Trinajstić information content (AvgIpc) is 2.46. The van der Waals surface area contributed by atoms with Gasteiger partial charge in [-0.2, -0.15) is 10.5 Å². The van der Waals surface area contributed by atoms with Crippen molar-refractivity contribution >= 4 is 5.82 Å². The highest BCUT2D eigenvalue weighted by Gasteiger charge is 2.20. The quantitative estimate of drug-likeness (QED) is 0.867. The Morgan fingerprint density at radius 3 is 2.48 bits per heavy atom. The number of H-pyrrole nitrogens is 1. The number of aromatic nitrogens is 1. The zero-order chi connectivity index (χ0) is 15.6. The molecule has 0 fully saturated rings. The van der Waals surface area contributed by atoms with Crippen LogP contribution >= 0.6 is 0 Å². The molecule has 1 heterocycles. The highest BCUT2D eigenvalue weighted by atomic mass is 19.1. The minimum atomic E-state index is -0.779. The Balaban J connectivity index is 2.90. The summed E-state index contributed by atoms with van der Waals surface area (Å²) >= 11 is 0. The normalized spacial score (nSPS) is 9.71. The lowest BCUT2D eigenvalue weighted by molar-refractivity contribution is 0.411. The summed E-state index contributed by atoms with van der Waals surface area (Å²) in [5.74, 6) is -0.676. The summed E-state index contributed by atoms with van der Waals surface area (Å²) in [7, 11) is 1.38. The molecule has 7 heteroatoms. The summed E-state index contributed by atoms with van der Waals surface area (Å²) in [5.41, 5.74) is 4.07. The van der Waals surface area contributed by atoms with Gasteiger partial charge in [-0.05, 0) is 12.1 Å². The van der Waals surface area contributed by atoms with Crippen molar-refractivity contribution in [3.05, 3.63) is 45.5 Å². The van der Waals surface area contributed by atoms with Crippen LogP contribution in [0.3, 0.4) is 0 Å². The van der Waals surface area contributed by atoms with E-state index >= 15 is 0 Å². The van der Waals surface area contributed by atoms with Gasteiger partial charge < -0.3 is 15.5 Å². The molecule has 0 aliphatic rings. The van der Waals surface area contributed by atoms with Gasteiger partial charge in [-0.25, -0.2) is 4.39 Å². The summed E-state index contributed by atoms with van der Waals surface area (Å²) in [6.45, 7) is 0. The van der Waals surface area contributed by atoms with Crippen LogP contribution in [0.25, 0.3) is 11.1 Å². The number of nitrogens with two attached hydrogens (primary N) is 1. The number of pyridine rings is 1. The van der Waals surface area contributed by atoms with Gasteiger partial charge in [0.15, 0.2) is 0 Å². The first kappa shape index (κ1) is 14.1. The first-order chi connectivity index (χ1) is 10.0. The predicted octanol–water partition coefficient (Wildman–Crippen LogP) is 1.52. The topological polar surface area (TPSA) is 116 Å². The molecule has 104 valence electrons. The number of nitrogens with one attached hydrogen (secondary N) is 1. The van der Waals surface area contributed by atoms with Gasteiger partial charge in [0.2, 0.25) is 0 Å². The number of anilines is 1. The Kier molecular flexibility index (Phi) is 3.59. The third-order valence-electron chi connectivity index (χ3n) is 2.91. The van der Waals surface area contributed by atoms with E-state index in [4.69, 9.17) is 21.0 Å². The zero-order valence-electron chi connectivity index (χ0n) is 10.9. The van der Waals surface area contributed by atoms with Crippen LogP contribution in [-0.2, 0) is 0 Å². The highest BCUT2D eigenvalue weighted by molar-refractivity contribution is 5.80. The van der Waals surface area contributed by atoms with Gasteiger partial charge >= 0.3 is 0 Å². The minimum absolute atomic E-state index is 0.0679. The molecule has 0 aliphatic carbocycles. The molecule has 0 saturated heterocycles. The molecular formula is C14H9FN4O2. The largest absolute Gasteiger partial charge is 0.497 e. The Morgan fingerprint density at radius 1 is 1.29 bits per heavy atom. The van der Waals surface area contributed by atoms with E-state index in [0.29, 0.717) is 0 Å². The van der Waals surface area contributed by atoms with E-state index < -0.39 is 11.4 Å². The van der Waals surface area contributed by atoms with E-state index in [9.17, 15) is 9.18 Å². The molecule has 0 atom stereocenters. The fraction of sp³-hybridized carbons (Fsp3) is 0.0714. The Labute approximate surface area is 118 Å². The summed E-state index contributed by atoms with van der Waals surface area (Å²) in [6.07, 6.45) is 0. The monoisotopic (exact) mass is 284 g/mol. The Hall–Kier alpha value is -3.32. The number of aromatic amines is 1. The van der Waals surface area contributed by atoms with Gasteiger partial charge in [-0.15, -0.1) is 0 Å². The van der Waals surface area contributed by atoms with Crippen molar-refractivity contribution < 1.29 is 9.13 Å². The zero-order valence-corrected chi connectivity index (χ0v) is 10.9. The van der Waals surface area contributed by atoms with Crippen LogP contribution in [0.5, 0.6) is 5.75 Å². The molecular weight excluding hydrogens is 275 g/mol. The summed E-state index contributed by atoms with van der Waals surface area (Å²) < 4.78 is 19.1. The van der Waals surface area contributed by atoms with Crippen LogP contribution in [0.4, 0.5) is 10.2 Å². The van der Waals surface area contributed by atoms with Crippen molar-refractivity contribution in [3.8, 4) is 29.0 Å². The molecule has 0 radical (unpaired) electrons. The van der Waals surface area contributed by atoms with E-state index in [1.807, 2.05) is 0 Å². The first-order valence-corrected chi connectivity index (χ1v) is 5.73. The molecule has 1 aromatic carbocycles. The molecule has 2 rings (SSSR count). The van der Waals surface area contributed by atoms with Crippen LogP contribution in [0.15, 0.2) is 23.0 Å². The Morgan fingerprint density at radius 2 is 1.95 bits per heavy atom. The van der Waals surface area contributed by atoms with Crippen molar-refractivity contribution in [2.24, 2.45) is 0 Å². The average molecular weight is 284 g/mol. The number of methoxy groups -OCH3 is 1. The van der Waals surface area contributed by atoms with Gasteiger partial charge in [0.25, 0.3) is 5.56 Å². The van der Waals surface area contributed by atoms with E-state index in [0.717, 1.165) is 6.07 Å². The van der Waals surface area contributed by atoms with E-state index in [1.54, 1.807) is 12.1 Å². The number of nitrogen functional groups attached to an aromatic ring is 1. The maximum absolute atomic E-state index is 14.2. The van der Waals surface area contributed by atoms with Crippen LogP contribution < -0.4 is 16.0 Å². The smallest absolute Gasteiger partial charge is 0.268 e. The standard InChI is InChI=1S/C14H9FN4O2/c1-21-7-2-3-8(11(15)4-7)12-9(5-16)13(18)19-14(20)10(12)6-17/h2-4H,1H3,(H3,18,19,20). The third kappa shape index (κ3) is 2.28. The fourth-order valence-corrected chi connectivity index (χ4v) is 1.94. The lowest BCUT2D eigenvalue weighted by Gasteiger charge is -2.10. The van der Waals surface area contributed by atoms with Gasteiger partial charge in [0, 0.05) is 17.2 Å². The lowest BCUT2D eigenvalue weighted by Crippen LogP contribution is -2.16. The van der Waals surface area contributed by atoms with Gasteiger partial charge in [0.05, 0.1) is 7.11 Å². The fourth-order valence-electron chi connectivity index (χ4n) is 1.94. The van der Waals surface area contributed by atoms with Gasteiger partial charge in [0.1, 0.15) is 40.6 Å². The molecule has 21 heavy (non-hydrogen) atoms. The van der Waals surface area contributed by atoms with Crippen molar-refractivity contribution in [2.75, 3.05) is 12.8 Å². The van der Waals surface area contributed by atoms with E-state index in [1.165, 1.54) is 19.2 Å². The van der Waals surface area contributed by atoms with Crippen molar-refractivity contribution in [3.63, 3.8) is 0 Å². The molecule has 2 aromatic rings. The number of ether oxygens (including phenoxy) is 1. The lowest BCUT2D eigenvalue weighted by atomic mass is 9.96. The number of nitriles is 2. The molecule has 0 amide bonds. The van der Waals surface area contributed by atoms with Crippen LogP contribution in [0.1, 0.15) is 11.1 Å². The summed E-state index contributed by atoms with van der Waals surface area (Å²) in [4.78, 5) is 13.9. The van der Waals surface area contributed by atoms with Crippen LogP contribution in [-0.4, -0.2) is 12.1 Å². The number of halogens is 1. The molecule has 1 aromatic heterocycles. The SMILES string of the molecule is COc1ccc(-c2c(C#N)c(N)[nH]c(=O)c2C#N)c(F)c1. The third-order valence-corrected chi connectivity index (χ3v) is 2.91. The molecule has 0 unspecified atom stereocenters. The molecule has 0 bridgehead atoms. The van der Waals surface area contributed by atoms with Crippen molar-refractivity contribution in [2.45, 2.75) is 0 Å². The molecule has 0 spiro atoms. The number of rotatable bonds is 2. The Bertz CT molecular complexity index is 859. The predicted molar refractivity (Wildman–Crippen MR) is 72.9 cm³/mol. The van der Waals surface area contributed by atoms with E-state index in [2.05, 4.69) is 4.98 Å². The second-order valence-corrected chi connectivity index (χ2v) is 4.06.